The van der Waals surface area contributed by atoms with Crippen molar-refractivity contribution in [2.45, 2.75) is 44.2 Å². The van der Waals surface area contributed by atoms with Crippen LogP contribution in [-0.4, -0.2) is 12.0 Å². The highest BCUT2D eigenvalue weighted by Gasteiger charge is 2.18. The fourth-order valence-electron chi connectivity index (χ4n) is 3.09. The van der Waals surface area contributed by atoms with E-state index >= 15 is 0 Å². The molecule has 1 aliphatic rings. The number of nitrogens with two attached hydrogens (primary N) is 1. The molecular formula is C20H24ClFN2O2. The van der Waals surface area contributed by atoms with Crippen molar-refractivity contribution in [3.63, 3.8) is 0 Å². The summed E-state index contributed by atoms with van der Waals surface area (Å²) < 4.78 is 19.9. The van der Waals surface area contributed by atoms with Crippen molar-refractivity contribution in [2.75, 3.05) is 5.32 Å². The Bertz CT molecular complexity index is 721. The third-order valence-electron chi connectivity index (χ3n) is 4.44. The number of amides is 1. The largest absolute Gasteiger partial charge is 0.487 e. The molecule has 0 saturated heterocycles. The summed E-state index contributed by atoms with van der Waals surface area (Å²) in [5, 5.41) is 2.69. The predicted molar refractivity (Wildman–Crippen MR) is 103 cm³/mol. The molecule has 6 heteroatoms. The summed E-state index contributed by atoms with van der Waals surface area (Å²) in [7, 11) is 0. The smallest absolute Gasteiger partial charge is 0.226 e. The van der Waals surface area contributed by atoms with E-state index in [-0.39, 0.29) is 36.6 Å². The van der Waals surface area contributed by atoms with Gasteiger partial charge in [-0.2, -0.15) is 0 Å². The number of carbonyl (C=O) groups is 1. The van der Waals surface area contributed by atoms with Gasteiger partial charge in [0.15, 0.2) is 11.6 Å². The maximum absolute atomic E-state index is 14.2. The van der Waals surface area contributed by atoms with Crippen molar-refractivity contribution >= 4 is 24.0 Å². The number of nitrogens with one attached hydrogen (secondary N) is 1. The number of benzene rings is 2. The molecule has 2 aromatic rings. The number of anilines is 1. The molecule has 0 bridgehead atoms. The lowest BCUT2D eigenvalue weighted by molar-refractivity contribution is -0.116. The van der Waals surface area contributed by atoms with Gasteiger partial charge in [0, 0.05) is 24.2 Å². The third kappa shape index (κ3) is 5.44. The zero-order chi connectivity index (χ0) is 17.6. The molecule has 0 spiro atoms. The summed E-state index contributed by atoms with van der Waals surface area (Å²) >= 11 is 0. The summed E-state index contributed by atoms with van der Waals surface area (Å²) in [6.45, 7) is 0. The normalized spacial score (nSPS) is 15.2. The highest BCUT2D eigenvalue weighted by atomic mass is 35.5. The lowest BCUT2D eigenvalue weighted by Crippen LogP contribution is -2.20. The first-order valence-electron chi connectivity index (χ1n) is 8.68. The van der Waals surface area contributed by atoms with Gasteiger partial charge in [-0.15, -0.1) is 12.4 Å². The van der Waals surface area contributed by atoms with E-state index < -0.39 is 11.9 Å². The molecule has 1 fully saturated rings. The average molecular weight is 379 g/mol. The van der Waals surface area contributed by atoms with Crippen molar-refractivity contribution in [1.29, 1.82) is 0 Å². The number of carbonyl (C=O) groups excluding carboxylic acids is 1. The van der Waals surface area contributed by atoms with Crippen LogP contribution in [0.5, 0.6) is 5.75 Å². The molecule has 1 atom stereocenters. The molecule has 4 nitrogen and oxygen atoms in total. The molecule has 0 aromatic heterocycles. The van der Waals surface area contributed by atoms with Crippen LogP contribution in [0.25, 0.3) is 0 Å². The minimum Gasteiger partial charge on any atom is -0.487 e. The Morgan fingerprint density at radius 1 is 1.19 bits per heavy atom. The van der Waals surface area contributed by atoms with E-state index in [1.54, 1.807) is 12.1 Å². The van der Waals surface area contributed by atoms with Gasteiger partial charge >= 0.3 is 0 Å². The lowest BCUT2D eigenvalue weighted by Gasteiger charge is -2.15. The van der Waals surface area contributed by atoms with E-state index in [0.29, 0.717) is 5.69 Å². The number of hydrogen-bond donors (Lipinski definition) is 2. The van der Waals surface area contributed by atoms with Crippen molar-refractivity contribution in [3.05, 3.63) is 59.9 Å². The summed E-state index contributed by atoms with van der Waals surface area (Å²) in [5.74, 6) is -0.469. The average Bonchev–Trinajstić information content (AvgIpc) is 3.11. The molecule has 2 aromatic carbocycles. The van der Waals surface area contributed by atoms with Crippen molar-refractivity contribution in [3.8, 4) is 5.75 Å². The van der Waals surface area contributed by atoms with Crippen LogP contribution in [-0.2, 0) is 4.79 Å². The van der Waals surface area contributed by atoms with Crippen LogP contribution >= 0.6 is 12.4 Å². The van der Waals surface area contributed by atoms with E-state index in [1.807, 2.05) is 30.3 Å². The third-order valence-corrected chi connectivity index (χ3v) is 4.44. The fraction of sp³-hybridized carbons (Fsp3) is 0.350. The Hall–Kier alpha value is -2.11. The maximum Gasteiger partial charge on any atom is 0.226 e. The number of ether oxygens (including phenoxy) is 1. The van der Waals surface area contributed by atoms with Crippen LogP contribution in [0.1, 0.15) is 43.7 Å². The van der Waals surface area contributed by atoms with Gasteiger partial charge in [0.05, 0.1) is 6.10 Å². The van der Waals surface area contributed by atoms with Gasteiger partial charge in [-0.05, 0) is 43.4 Å². The second-order valence-corrected chi connectivity index (χ2v) is 6.44. The Kier molecular flexibility index (Phi) is 7.42. The van der Waals surface area contributed by atoms with Crippen LogP contribution in [0, 0.1) is 5.82 Å². The number of rotatable bonds is 6. The zero-order valence-corrected chi connectivity index (χ0v) is 15.3. The molecule has 26 heavy (non-hydrogen) atoms. The summed E-state index contributed by atoms with van der Waals surface area (Å²) in [5.41, 5.74) is 7.34. The minimum absolute atomic E-state index is 0. The van der Waals surface area contributed by atoms with E-state index in [9.17, 15) is 9.18 Å². The van der Waals surface area contributed by atoms with E-state index in [1.165, 1.54) is 6.07 Å². The first-order valence-corrected chi connectivity index (χ1v) is 8.68. The lowest BCUT2D eigenvalue weighted by atomic mass is 10.0. The van der Waals surface area contributed by atoms with Gasteiger partial charge in [0.2, 0.25) is 5.91 Å². The van der Waals surface area contributed by atoms with E-state index in [4.69, 9.17) is 10.5 Å². The Morgan fingerprint density at radius 3 is 2.54 bits per heavy atom. The van der Waals surface area contributed by atoms with Gasteiger partial charge in [-0.1, -0.05) is 30.3 Å². The summed E-state index contributed by atoms with van der Waals surface area (Å²) in [4.78, 5) is 12.1. The van der Waals surface area contributed by atoms with Crippen LogP contribution in [0.2, 0.25) is 0 Å². The van der Waals surface area contributed by atoms with E-state index in [2.05, 4.69) is 5.32 Å². The minimum atomic E-state index is -0.461. The summed E-state index contributed by atoms with van der Waals surface area (Å²) in [6, 6.07) is 13.5. The SMILES string of the molecule is Cl.NC(CC(=O)Nc1ccc(OC2CCCC2)c(F)c1)c1ccccc1. The van der Waals surface area contributed by atoms with Gasteiger partial charge < -0.3 is 15.8 Å². The Balaban J connectivity index is 0.00000243. The maximum atomic E-state index is 14.2. The van der Waals surface area contributed by atoms with Gasteiger partial charge in [-0.3, -0.25) is 4.79 Å². The quantitative estimate of drug-likeness (QED) is 0.772. The van der Waals surface area contributed by atoms with Crippen molar-refractivity contribution in [2.24, 2.45) is 5.73 Å². The molecule has 140 valence electrons. The highest BCUT2D eigenvalue weighted by Crippen LogP contribution is 2.27. The van der Waals surface area contributed by atoms with Crippen LogP contribution in [0.15, 0.2) is 48.5 Å². The van der Waals surface area contributed by atoms with Gasteiger partial charge in [0.25, 0.3) is 0 Å². The Morgan fingerprint density at radius 2 is 1.88 bits per heavy atom. The van der Waals surface area contributed by atoms with Gasteiger partial charge in [0.1, 0.15) is 0 Å². The second-order valence-electron chi connectivity index (χ2n) is 6.44. The van der Waals surface area contributed by atoms with Crippen LogP contribution in [0.3, 0.4) is 0 Å². The molecule has 1 saturated carbocycles. The standard InChI is InChI=1S/C20H23FN2O2.ClH/c21-17-12-15(10-11-19(17)25-16-8-4-5-9-16)23-20(24)13-18(22)14-6-2-1-3-7-14;/h1-3,6-7,10-12,16,18H,4-5,8-9,13,22H2,(H,23,24);1H. The first-order chi connectivity index (χ1) is 12.1. The molecule has 0 radical (unpaired) electrons. The molecule has 3 rings (SSSR count). The van der Waals surface area contributed by atoms with Gasteiger partial charge in [-0.25, -0.2) is 4.39 Å². The highest BCUT2D eigenvalue weighted by molar-refractivity contribution is 5.91. The van der Waals surface area contributed by atoms with Crippen molar-refractivity contribution in [1.82, 2.24) is 0 Å². The first kappa shape index (κ1) is 20.2. The number of halogens is 2. The molecule has 0 heterocycles. The Labute approximate surface area is 159 Å². The van der Waals surface area contributed by atoms with E-state index in [0.717, 1.165) is 31.2 Å². The molecular weight excluding hydrogens is 355 g/mol. The molecule has 0 aliphatic heterocycles. The zero-order valence-electron chi connectivity index (χ0n) is 14.5. The van der Waals surface area contributed by atoms with Crippen LogP contribution < -0.4 is 15.8 Å². The molecule has 3 N–H and O–H groups in total. The monoisotopic (exact) mass is 378 g/mol. The van der Waals surface area contributed by atoms with Crippen LogP contribution in [0.4, 0.5) is 10.1 Å². The molecule has 1 aliphatic carbocycles. The molecule has 1 amide bonds. The topological polar surface area (TPSA) is 64.4 Å². The van der Waals surface area contributed by atoms with Crippen molar-refractivity contribution < 1.29 is 13.9 Å². The molecule has 1 unspecified atom stereocenters. The predicted octanol–water partition coefficient (Wildman–Crippen LogP) is 4.60. The summed E-state index contributed by atoms with van der Waals surface area (Å²) in [6.07, 6.45) is 4.42. The number of hydrogen-bond acceptors (Lipinski definition) is 3. The second kappa shape index (κ2) is 9.55. The fourth-order valence-corrected chi connectivity index (χ4v) is 3.09.